The summed E-state index contributed by atoms with van der Waals surface area (Å²) < 4.78 is 7.52. The third-order valence-electron chi connectivity index (χ3n) is 4.53. The minimum Gasteiger partial charge on any atom is -1.00 e. The third-order valence-corrected chi connectivity index (χ3v) is 7.42. The summed E-state index contributed by atoms with van der Waals surface area (Å²) in [6.07, 6.45) is 19.6. The molecule has 28 heavy (non-hydrogen) atoms. The Labute approximate surface area is 189 Å². The maximum Gasteiger partial charge on any atom is -1.00 e. The van der Waals surface area contributed by atoms with Gasteiger partial charge >= 0.3 is 165 Å². The molecule has 0 aromatic rings. The van der Waals surface area contributed by atoms with Crippen LogP contribution in [0.3, 0.4) is 0 Å². The van der Waals surface area contributed by atoms with Crippen LogP contribution < -0.4 is 33.1 Å². The van der Waals surface area contributed by atoms with Gasteiger partial charge in [-0.2, -0.15) is 0 Å². The molecule has 1 aliphatic rings. The fraction of sp³-hybridized carbons (Fsp3) is 0.714. The average Bonchev–Trinajstić information content (AvgIpc) is 3.15. The van der Waals surface area contributed by atoms with E-state index in [0.717, 1.165) is 32.1 Å². The Morgan fingerprint density at radius 3 is 1.68 bits per heavy atom. The molecule has 0 saturated heterocycles. The molecular weight excluding hydrogens is 434 g/mol. The van der Waals surface area contributed by atoms with Crippen LogP contribution in [0.1, 0.15) is 97.3 Å². The smallest absolute Gasteiger partial charge is 1.00 e. The number of hydrogen-bond donors (Lipinski definition) is 2. The van der Waals surface area contributed by atoms with E-state index in [1.165, 1.54) is 42.8 Å². The Kier molecular flexibility index (Phi) is 21.1. The maximum atomic E-state index is 12.3. The topological polar surface area (TPSA) is 58.2 Å². The van der Waals surface area contributed by atoms with Crippen LogP contribution in [0, 0.1) is 0 Å². The van der Waals surface area contributed by atoms with Gasteiger partial charge in [0, 0.05) is 0 Å². The molecule has 0 atom stereocenters. The third kappa shape index (κ3) is 14.6. The number of carbonyl (C=O) groups excluding carboxylic acids is 2. The molecule has 0 unspecified atom stereocenters. The molecule has 162 valence electrons. The molecule has 7 heteroatoms. The summed E-state index contributed by atoms with van der Waals surface area (Å²) in [5.74, 6) is 0.190. The summed E-state index contributed by atoms with van der Waals surface area (Å²) in [5, 5.41) is 0. The number of carbonyl (C=O) groups is 2. The van der Waals surface area contributed by atoms with Gasteiger partial charge in [0.05, 0.1) is 0 Å². The molecule has 0 fully saturated rings. The van der Waals surface area contributed by atoms with Gasteiger partial charge in [-0.15, -0.1) is 0 Å². The van der Waals surface area contributed by atoms with E-state index in [1.807, 2.05) is 6.08 Å². The van der Waals surface area contributed by atoms with Crippen molar-refractivity contribution in [3.8, 4) is 0 Å². The van der Waals surface area contributed by atoms with Gasteiger partial charge in [-0.1, -0.05) is 0 Å². The molecule has 0 bridgehead atoms. The van der Waals surface area contributed by atoms with Crippen LogP contribution >= 0.6 is 0 Å². The molecule has 0 aromatic heterocycles. The first kappa shape index (κ1) is 29.8. The zero-order valence-electron chi connectivity index (χ0n) is 17.4. The van der Waals surface area contributed by atoms with Crippen LogP contribution in [-0.2, 0) is 25.2 Å². The maximum absolute atomic E-state index is 12.3. The average molecular weight is 471 g/mol. The van der Waals surface area contributed by atoms with Gasteiger partial charge in [0.1, 0.15) is 0 Å². The van der Waals surface area contributed by atoms with E-state index in [2.05, 4.69) is 34.3 Å². The van der Waals surface area contributed by atoms with Crippen molar-refractivity contribution in [2.45, 2.75) is 97.3 Å². The molecule has 2 amide bonds. The predicted octanol–water partition coefficient (Wildman–Crippen LogP) is -0.760. The minimum atomic E-state index is -2.01. The van der Waals surface area contributed by atoms with Gasteiger partial charge in [-0.05, 0) is 0 Å². The molecule has 0 heterocycles. The second-order valence-corrected chi connectivity index (χ2v) is 9.67. The minimum absolute atomic E-state index is 0. The Morgan fingerprint density at radius 1 is 0.821 bits per heavy atom. The van der Waals surface area contributed by atoms with E-state index in [9.17, 15) is 9.59 Å². The molecule has 0 aliphatic heterocycles. The Bertz CT molecular complexity index is 457. The summed E-state index contributed by atoms with van der Waals surface area (Å²) in [4.78, 5) is 24.6. The van der Waals surface area contributed by atoms with Crippen LogP contribution in [0.5, 0.6) is 0 Å². The summed E-state index contributed by atoms with van der Waals surface area (Å²) >= 11 is -2.01. The van der Waals surface area contributed by atoms with E-state index in [4.69, 9.17) is 0 Å². The van der Waals surface area contributed by atoms with Crippen LogP contribution in [0.2, 0.25) is 0 Å². The van der Waals surface area contributed by atoms with Crippen molar-refractivity contribution >= 4 is 11.8 Å². The van der Waals surface area contributed by atoms with E-state index in [1.54, 1.807) is 0 Å². The molecule has 0 spiro atoms. The zero-order valence-corrected chi connectivity index (χ0v) is 20.4. The molecule has 0 radical (unpaired) electrons. The van der Waals surface area contributed by atoms with Crippen LogP contribution in [0.15, 0.2) is 22.5 Å². The SMILES string of the molecule is CCCCCCCC(=O)[NH][V+2]([NH]C(=O)CCCCCCC)[C]1=CC=CC1.[Cl-].[Cl-]. The molecule has 4 nitrogen and oxygen atoms in total. The van der Waals surface area contributed by atoms with Crippen molar-refractivity contribution in [3.05, 3.63) is 22.5 Å². The number of hydrogen-bond acceptors (Lipinski definition) is 2. The van der Waals surface area contributed by atoms with Gasteiger partial charge in [0.15, 0.2) is 0 Å². The van der Waals surface area contributed by atoms with Crippen LogP contribution in [-0.4, -0.2) is 11.8 Å². The monoisotopic (exact) mass is 470 g/mol. The van der Waals surface area contributed by atoms with Crippen molar-refractivity contribution in [3.63, 3.8) is 0 Å². The first-order valence-electron chi connectivity index (χ1n) is 10.4. The number of halogens is 2. The summed E-state index contributed by atoms with van der Waals surface area (Å²) in [6.45, 7) is 4.39. The number of nitrogens with one attached hydrogen (secondary N) is 2. The van der Waals surface area contributed by atoms with E-state index >= 15 is 0 Å². The van der Waals surface area contributed by atoms with Crippen molar-refractivity contribution < 1.29 is 50.0 Å². The van der Waals surface area contributed by atoms with Crippen molar-refractivity contribution in [1.29, 1.82) is 0 Å². The zero-order chi connectivity index (χ0) is 19.0. The second kappa shape index (κ2) is 19.9. The van der Waals surface area contributed by atoms with E-state index in [-0.39, 0.29) is 36.6 Å². The first-order chi connectivity index (χ1) is 12.7. The fourth-order valence-electron chi connectivity index (χ4n) is 2.91. The molecule has 1 rings (SSSR count). The number of rotatable bonds is 15. The van der Waals surface area contributed by atoms with Crippen molar-refractivity contribution in [2.24, 2.45) is 0 Å². The second-order valence-electron chi connectivity index (χ2n) is 7.02. The fourth-order valence-corrected chi connectivity index (χ4v) is 5.39. The standard InChI is InChI=1S/2C8H17NO.C5H5.2ClH.V/c2*1-2-3-4-5-6-7-8(9)10;1-2-4-5-3-1;;;/h2*2-7H2,1H3,(H2,9,10);1-3H,4H2;2*1H;/q;;;;;+4/p-4. The predicted molar refractivity (Wildman–Crippen MR) is 105 cm³/mol. The van der Waals surface area contributed by atoms with Crippen molar-refractivity contribution in [1.82, 2.24) is 8.33 Å². The summed E-state index contributed by atoms with van der Waals surface area (Å²) in [7, 11) is 0. The number of allylic oxidation sites excluding steroid dienone is 4. The summed E-state index contributed by atoms with van der Waals surface area (Å²) in [6, 6.07) is 0. The molecular formula is C21H37Cl2N2O2V. The van der Waals surface area contributed by atoms with Gasteiger partial charge < -0.3 is 24.8 Å². The Morgan fingerprint density at radius 2 is 1.29 bits per heavy atom. The summed E-state index contributed by atoms with van der Waals surface area (Å²) in [5.41, 5.74) is 0. The largest absolute Gasteiger partial charge is 1.00 e. The van der Waals surface area contributed by atoms with Gasteiger partial charge in [-0.25, -0.2) is 0 Å². The van der Waals surface area contributed by atoms with Crippen LogP contribution in [0.4, 0.5) is 0 Å². The van der Waals surface area contributed by atoms with Gasteiger partial charge in [0.2, 0.25) is 0 Å². The van der Waals surface area contributed by atoms with Gasteiger partial charge in [-0.3, -0.25) is 0 Å². The molecule has 0 saturated carbocycles. The molecule has 2 N–H and O–H groups in total. The molecule has 1 aliphatic carbocycles. The van der Waals surface area contributed by atoms with E-state index < -0.39 is 15.6 Å². The Balaban J connectivity index is 0. The number of amides is 2. The number of unbranched alkanes of at least 4 members (excludes halogenated alkanes) is 8. The quantitative estimate of drug-likeness (QED) is 0.309. The van der Waals surface area contributed by atoms with Gasteiger partial charge in [0.25, 0.3) is 0 Å². The first-order valence-corrected chi connectivity index (χ1v) is 12.5. The molecule has 0 aromatic carbocycles. The Hall–Kier alpha value is -0.416. The van der Waals surface area contributed by atoms with Crippen LogP contribution in [0.25, 0.3) is 0 Å². The normalized spacial score (nSPS) is 11.9. The van der Waals surface area contributed by atoms with E-state index in [0.29, 0.717) is 12.8 Å². The van der Waals surface area contributed by atoms with Crippen molar-refractivity contribution in [2.75, 3.05) is 0 Å².